The maximum atomic E-state index is 12.9. The third-order valence-corrected chi connectivity index (χ3v) is 5.73. The van der Waals surface area contributed by atoms with Crippen LogP contribution in [-0.2, 0) is 29.0 Å². The summed E-state index contributed by atoms with van der Waals surface area (Å²) in [5, 5.41) is 7.61. The molecule has 1 aliphatic heterocycles. The molecule has 0 saturated carbocycles. The lowest BCUT2D eigenvalue weighted by Gasteiger charge is -2.21. The van der Waals surface area contributed by atoms with Crippen LogP contribution in [0.1, 0.15) is 42.6 Å². The number of aromatic nitrogens is 2. The number of carbonyl (C=O) groups is 2. The molecule has 0 unspecified atom stereocenters. The fourth-order valence-corrected chi connectivity index (χ4v) is 4.20. The zero-order chi connectivity index (χ0) is 18.8. The predicted octanol–water partition coefficient (Wildman–Crippen LogP) is 2.69. The third-order valence-electron chi connectivity index (χ3n) is 5.73. The van der Waals surface area contributed by atoms with Gasteiger partial charge in [0.1, 0.15) is 5.92 Å². The number of hydrogen-bond acceptors (Lipinski definition) is 3. The summed E-state index contributed by atoms with van der Waals surface area (Å²) >= 11 is 0. The van der Waals surface area contributed by atoms with Gasteiger partial charge in [0.05, 0.1) is 12.2 Å². The molecule has 4 rings (SSSR count). The van der Waals surface area contributed by atoms with Crippen molar-refractivity contribution in [2.75, 3.05) is 18.5 Å². The summed E-state index contributed by atoms with van der Waals surface area (Å²) < 4.78 is 0. The Morgan fingerprint density at radius 3 is 2.81 bits per heavy atom. The van der Waals surface area contributed by atoms with Crippen LogP contribution in [0.2, 0.25) is 0 Å². The lowest BCUT2D eigenvalue weighted by atomic mass is 10.1. The van der Waals surface area contributed by atoms with Crippen LogP contribution < -0.4 is 4.90 Å². The molecule has 142 valence electrons. The monoisotopic (exact) mass is 366 g/mol. The first-order valence-electron chi connectivity index (χ1n) is 9.81. The van der Waals surface area contributed by atoms with Crippen molar-refractivity contribution in [2.45, 2.75) is 45.1 Å². The fourth-order valence-electron chi connectivity index (χ4n) is 4.20. The number of aryl methyl sites for hydroxylation is 1. The minimum Gasteiger partial charge on any atom is -0.339 e. The summed E-state index contributed by atoms with van der Waals surface area (Å²) in [6, 6.07) is 9.56. The number of nitrogens with zero attached hydrogens (tertiary/aromatic N) is 3. The molecule has 27 heavy (non-hydrogen) atoms. The van der Waals surface area contributed by atoms with Gasteiger partial charge in [0, 0.05) is 25.0 Å². The lowest BCUT2D eigenvalue weighted by molar-refractivity contribution is -0.139. The highest BCUT2D eigenvalue weighted by molar-refractivity contribution is 6.09. The van der Waals surface area contributed by atoms with Crippen molar-refractivity contribution in [3.8, 4) is 0 Å². The molecule has 0 spiro atoms. The quantitative estimate of drug-likeness (QED) is 0.668. The second-order valence-electron chi connectivity index (χ2n) is 7.55. The van der Waals surface area contributed by atoms with Crippen LogP contribution >= 0.6 is 0 Å². The normalized spacial score (nSPS) is 19.7. The average molecular weight is 366 g/mol. The molecule has 2 aromatic rings. The molecular weight excluding hydrogens is 340 g/mol. The van der Waals surface area contributed by atoms with Crippen LogP contribution in [0.15, 0.2) is 30.3 Å². The van der Waals surface area contributed by atoms with Crippen LogP contribution in [0.3, 0.4) is 0 Å². The van der Waals surface area contributed by atoms with E-state index >= 15 is 0 Å². The van der Waals surface area contributed by atoms with Gasteiger partial charge in [-0.25, -0.2) is 0 Å². The van der Waals surface area contributed by atoms with E-state index in [1.807, 2.05) is 30.3 Å². The highest BCUT2D eigenvalue weighted by Crippen LogP contribution is 2.27. The van der Waals surface area contributed by atoms with Crippen molar-refractivity contribution in [3.05, 3.63) is 47.3 Å². The van der Waals surface area contributed by atoms with E-state index in [9.17, 15) is 9.59 Å². The molecule has 1 fully saturated rings. The van der Waals surface area contributed by atoms with Crippen LogP contribution in [0.25, 0.3) is 0 Å². The SMILES string of the molecule is CN(Cc1n[nH]c2c1CCCCC2)C(=O)[C@H]1CCN(c2ccccc2)C1=O. The summed E-state index contributed by atoms with van der Waals surface area (Å²) in [4.78, 5) is 29.1. The van der Waals surface area contributed by atoms with Crippen molar-refractivity contribution in [1.82, 2.24) is 15.1 Å². The number of H-pyrrole nitrogens is 1. The van der Waals surface area contributed by atoms with Gasteiger partial charge < -0.3 is 9.80 Å². The Morgan fingerprint density at radius 2 is 2.00 bits per heavy atom. The number of nitrogens with one attached hydrogen (secondary N) is 1. The number of para-hydroxylation sites is 1. The van der Waals surface area contributed by atoms with Crippen LogP contribution in [-0.4, -0.2) is 40.5 Å². The molecule has 0 bridgehead atoms. The number of fused-ring (bicyclic) bond motifs is 1. The lowest BCUT2D eigenvalue weighted by Crippen LogP contribution is -2.38. The second-order valence-corrected chi connectivity index (χ2v) is 7.55. The average Bonchev–Trinajstić information content (AvgIpc) is 3.16. The number of amides is 2. The summed E-state index contributed by atoms with van der Waals surface area (Å²) in [7, 11) is 1.78. The molecule has 6 nitrogen and oxygen atoms in total. The zero-order valence-corrected chi connectivity index (χ0v) is 15.8. The van der Waals surface area contributed by atoms with Crippen molar-refractivity contribution in [3.63, 3.8) is 0 Å². The molecule has 1 atom stereocenters. The maximum Gasteiger partial charge on any atom is 0.239 e. The number of hydrogen-bond donors (Lipinski definition) is 1. The first-order valence-corrected chi connectivity index (χ1v) is 9.81. The Bertz CT molecular complexity index is 830. The predicted molar refractivity (Wildman–Crippen MR) is 103 cm³/mol. The van der Waals surface area contributed by atoms with Crippen LogP contribution in [0.5, 0.6) is 0 Å². The van der Waals surface area contributed by atoms with E-state index in [0.29, 0.717) is 19.5 Å². The summed E-state index contributed by atoms with van der Waals surface area (Å²) in [6.45, 7) is 1.05. The number of carbonyl (C=O) groups excluding carboxylic acids is 2. The van der Waals surface area contributed by atoms with E-state index in [1.54, 1.807) is 16.8 Å². The fraction of sp³-hybridized carbons (Fsp3) is 0.476. The first kappa shape index (κ1) is 17.8. The number of anilines is 1. The number of rotatable bonds is 4. The molecule has 1 aliphatic carbocycles. The van der Waals surface area contributed by atoms with Gasteiger partial charge in [-0.3, -0.25) is 14.7 Å². The van der Waals surface area contributed by atoms with E-state index in [4.69, 9.17) is 0 Å². The van der Waals surface area contributed by atoms with Gasteiger partial charge in [0.25, 0.3) is 0 Å². The van der Waals surface area contributed by atoms with Gasteiger partial charge in [0.15, 0.2) is 0 Å². The van der Waals surface area contributed by atoms with Crippen LogP contribution in [0.4, 0.5) is 5.69 Å². The number of benzene rings is 1. The molecule has 2 heterocycles. The highest BCUT2D eigenvalue weighted by Gasteiger charge is 2.39. The third kappa shape index (κ3) is 3.48. The van der Waals surface area contributed by atoms with Gasteiger partial charge in [-0.05, 0) is 49.8 Å². The summed E-state index contributed by atoms with van der Waals surface area (Å²) in [5.41, 5.74) is 4.30. The van der Waals surface area contributed by atoms with E-state index < -0.39 is 5.92 Å². The minimum absolute atomic E-state index is 0.0982. The van der Waals surface area contributed by atoms with Crippen molar-refractivity contribution in [2.24, 2.45) is 5.92 Å². The molecule has 1 N–H and O–H groups in total. The molecule has 1 saturated heterocycles. The molecule has 1 aromatic heterocycles. The smallest absolute Gasteiger partial charge is 0.239 e. The van der Waals surface area contributed by atoms with Crippen molar-refractivity contribution >= 4 is 17.5 Å². The number of aromatic amines is 1. The van der Waals surface area contributed by atoms with Crippen LogP contribution in [0, 0.1) is 5.92 Å². The van der Waals surface area contributed by atoms with Crippen molar-refractivity contribution < 1.29 is 9.59 Å². The van der Waals surface area contributed by atoms with E-state index in [0.717, 1.165) is 24.2 Å². The van der Waals surface area contributed by atoms with E-state index in [2.05, 4.69) is 10.2 Å². The Morgan fingerprint density at radius 1 is 1.22 bits per heavy atom. The van der Waals surface area contributed by atoms with E-state index in [1.165, 1.54) is 30.5 Å². The Kier molecular flexibility index (Phi) is 4.97. The molecule has 0 radical (unpaired) electrons. The van der Waals surface area contributed by atoms with Gasteiger partial charge in [-0.2, -0.15) is 5.10 Å². The Hall–Kier alpha value is -2.63. The van der Waals surface area contributed by atoms with Gasteiger partial charge in [-0.15, -0.1) is 0 Å². The zero-order valence-electron chi connectivity index (χ0n) is 15.8. The Labute approximate surface area is 159 Å². The van der Waals surface area contributed by atoms with E-state index in [-0.39, 0.29) is 11.8 Å². The molecule has 2 amide bonds. The van der Waals surface area contributed by atoms with Gasteiger partial charge in [-0.1, -0.05) is 24.6 Å². The molecule has 1 aromatic carbocycles. The standard InChI is InChI=1S/C21H26N4O2/c1-24(14-19-16-10-6-3-7-11-18(16)22-23-19)20(26)17-12-13-25(21(17)27)15-8-4-2-5-9-15/h2,4-5,8-9,17H,3,6-7,10-14H2,1H3,(H,22,23)/t17-/m1/s1. The largest absolute Gasteiger partial charge is 0.339 e. The molecule has 6 heteroatoms. The highest BCUT2D eigenvalue weighted by atomic mass is 16.2. The summed E-state index contributed by atoms with van der Waals surface area (Å²) in [5.74, 6) is -0.796. The maximum absolute atomic E-state index is 12.9. The van der Waals surface area contributed by atoms with Gasteiger partial charge in [0.2, 0.25) is 11.8 Å². The molecule has 2 aliphatic rings. The topological polar surface area (TPSA) is 69.3 Å². The minimum atomic E-state index is -0.590. The second kappa shape index (κ2) is 7.55. The molecular formula is C21H26N4O2. The first-order chi connectivity index (χ1) is 13.1. The van der Waals surface area contributed by atoms with Gasteiger partial charge >= 0.3 is 0 Å². The Balaban J connectivity index is 1.44. The summed E-state index contributed by atoms with van der Waals surface area (Å²) in [6.07, 6.45) is 6.22. The van der Waals surface area contributed by atoms with Crippen molar-refractivity contribution in [1.29, 1.82) is 0 Å².